The lowest BCUT2D eigenvalue weighted by atomic mass is 10.1. The average molecular weight is 511 g/mol. The number of methoxy groups -OCH3 is 1. The Balaban J connectivity index is 1.48. The highest BCUT2D eigenvalue weighted by Crippen LogP contribution is 2.20. The molecule has 0 aliphatic carbocycles. The second-order valence-electron chi connectivity index (χ2n) is 8.91. The van der Waals surface area contributed by atoms with Gasteiger partial charge in [-0.1, -0.05) is 6.07 Å². The normalized spacial score (nSPS) is 13.7. The maximum absolute atomic E-state index is 11.9. The summed E-state index contributed by atoms with van der Waals surface area (Å²) in [6.45, 7) is 3.80. The first-order valence-corrected chi connectivity index (χ1v) is 12.8. The molecule has 0 spiro atoms. The third kappa shape index (κ3) is 9.77. The molecule has 3 heterocycles. The van der Waals surface area contributed by atoms with Crippen molar-refractivity contribution in [2.45, 2.75) is 44.6 Å². The van der Waals surface area contributed by atoms with E-state index in [2.05, 4.69) is 43.0 Å². The van der Waals surface area contributed by atoms with Gasteiger partial charge in [-0.15, -0.1) is 0 Å². The number of anilines is 3. The molecule has 0 bridgehead atoms. The van der Waals surface area contributed by atoms with Crippen LogP contribution in [0.5, 0.6) is 0 Å². The fourth-order valence-electron chi connectivity index (χ4n) is 4.15. The van der Waals surface area contributed by atoms with Crippen molar-refractivity contribution in [3.8, 4) is 0 Å². The van der Waals surface area contributed by atoms with Gasteiger partial charge in [0, 0.05) is 50.9 Å². The summed E-state index contributed by atoms with van der Waals surface area (Å²) in [5.74, 6) is 1.03. The molecule has 200 valence electrons. The standard InChI is InChI=1S/C26H38N8O3/c1-37-17-16-34(14-3-2-7-21-9-8-20-6-4-12-29-25(20)32-21)15-10-22(26(35)36)33-24-18-23(30-19-31-24)28-13-5-11-27/h5,8-9,11,13,18-19,22,27H,2-4,6-7,10,12,14-17H2,1H3,(H,29,32)(H,35,36)(H2,28,30,31,33)/b13-5-,27-11?. The van der Waals surface area contributed by atoms with Crippen molar-refractivity contribution in [2.24, 2.45) is 0 Å². The highest BCUT2D eigenvalue weighted by atomic mass is 16.5. The Hall–Kier alpha value is -3.57. The minimum atomic E-state index is -0.935. The van der Waals surface area contributed by atoms with Gasteiger partial charge in [0.15, 0.2) is 0 Å². The highest BCUT2D eigenvalue weighted by Gasteiger charge is 2.19. The molecule has 0 amide bonds. The lowest BCUT2D eigenvalue weighted by molar-refractivity contribution is -0.138. The number of pyridine rings is 1. The van der Waals surface area contributed by atoms with Gasteiger partial charge in [-0.25, -0.2) is 19.7 Å². The lowest BCUT2D eigenvalue weighted by Gasteiger charge is -2.24. The quantitative estimate of drug-likeness (QED) is 0.159. The molecule has 1 aliphatic rings. The number of carbonyl (C=O) groups is 1. The minimum absolute atomic E-state index is 0.414. The molecular formula is C26H38N8O3. The summed E-state index contributed by atoms with van der Waals surface area (Å²) in [4.78, 5) is 27.2. The number of allylic oxidation sites excluding steroid dienone is 1. The number of unbranched alkanes of at least 4 members (excludes halogenated alkanes) is 1. The van der Waals surface area contributed by atoms with Crippen molar-refractivity contribution in [1.29, 1.82) is 5.41 Å². The van der Waals surface area contributed by atoms with Crippen molar-refractivity contribution in [3.63, 3.8) is 0 Å². The van der Waals surface area contributed by atoms with E-state index in [0.29, 0.717) is 31.2 Å². The van der Waals surface area contributed by atoms with Crippen LogP contribution in [0.4, 0.5) is 17.5 Å². The predicted octanol–water partition coefficient (Wildman–Crippen LogP) is 3.03. The number of ether oxygens (including phenoxy) is 1. The molecule has 11 nitrogen and oxygen atoms in total. The van der Waals surface area contributed by atoms with Crippen LogP contribution in [0.2, 0.25) is 0 Å². The van der Waals surface area contributed by atoms with Gasteiger partial charge in [-0.3, -0.25) is 0 Å². The fraction of sp³-hybridized carbons (Fsp3) is 0.500. The smallest absolute Gasteiger partial charge is 0.326 e. The SMILES string of the molecule is COCCN(CCCCc1ccc2c(n1)NCCC2)CCC(Nc1cc(N/C=C\C=N)ncn1)C(=O)O. The molecule has 1 aliphatic heterocycles. The van der Waals surface area contributed by atoms with Gasteiger partial charge in [-0.2, -0.15) is 0 Å². The Labute approximate surface area is 218 Å². The topological polar surface area (TPSA) is 148 Å². The van der Waals surface area contributed by atoms with Crippen LogP contribution in [0.15, 0.2) is 36.8 Å². The molecule has 5 N–H and O–H groups in total. The van der Waals surface area contributed by atoms with Crippen LogP contribution in [-0.4, -0.2) is 83.1 Å². The summed E-state index contributed by atoms with van der Waals surface area (Å²) in [5.41, 5.74) is 2.41. The van der Waals surface area contributed by atoms with E-state index in [1.807, 2.05) is 0 Å². The van der Waals surface area contributed by atoms with E-state index in [1.54, 1.807) is 19.4 Å². The molecule has 11 heteroatoms. The Kier molecular flexibility index (Phi) is 11.7. The molecular weight excluding hydrogens is 472 g/mol. The molecule has 1 unspecified atom stereocenters. The number of carboxylic acids is 1. The number of aromatic nitrogens is 3. The van der Waals surface area contributed by atoms with Crippen LogP contribution in [0.3, 0.4) is 0 Å². The average Bonchev–Trinajstić information content (AvgIpc) is 2.91. The van der Waals surface area contributed by atoms with Crippen molar-refractivity contribution in [2.75, 3.05) is 55.8 Å². The number of rotatable bonds is 17. The van der Waals surface area contributed by atoms with E-state index < -0.39 is 12.0 Å². The molecule has 0 radical (unpaired) electrons. The number of hydrogen-bond donors (Lipinski definition) is 5. The van der Waals surface area contributed by atoms with Gasteiger partial charge in [-0.05, 0) is 62.8 Å². The van der Waals surface area contributed by atoms with Crippen molar-refractivity contribution in [1.82, 2.24) is 19.9 Å². The van der Waals surface area contributed by atoms with E-state index in [-0.39, 0.29) is 0 Å². The van der Waals surface area contributed by atoms with Crippen molar-refractivity contribution >= 4 is 29.6 Å². The third-order valence-corrected chi connectivity index (χ3v) is 6.17. The maximum Gasteiger partial charge on any atom is 0.326 e. The third-order valence-electron chi connectivity index (χ3n) is 6.17. The first-order chi connectivity index (χ1) is 18.1. The number of aryl methyl sites for hydroxylation is 2. The second-order valence-corrected chi connectivity index (χ2v) is 8.91. The highest BCUT2D eigenvalue weighted by molar-refractivity contribution is 5.77. The number of carboxylic acid groups (broad SMARTS) is 1. The zero-order chi connectivity index (χ0) is 26.3. The molecule has 2 aromatic heterocycles. The van der Waals surface area contributed by atoms with Gasteiger partial charge in [0.1, 0.15) is 29.8 Å². The van der Waals surface area contributed by atoms with Crippen molar-refractivity contribution < 1.29 is 14.6 Å². The zero-order valence-electron chi connectivity index (χ0n) is 21.4. The monoisotopic (exact) mass is 510 g/mol. The van der Waals surface area contributed by atoms with Crippen LogP contribution < -0.4 is 16.0 Å². The van der Waals surface area contributed by atoms with Crippen LogP contribution >= 0.6 is 0 Å². The number of nitrogens with one attached hydrogen (secondary N) is 4. The van der Waals surface area contributed by atoms with E-state index >= 15 is 0 Å². The molecule has 3 rings (SSSR count). The van der Waals surface area contributed by atoms with E-state index in [1.165, 1.54) is 18.0 Å². The molecule has 0 fully saturated rings. The Morgan fingerprint density at radius 3 is 2.95 bits per heavy atom. The lowest BCUT2D eigenvalue weighted by Crippen LogP contribution is -2.37. The number of aliphatic carboxylic acids is 1. The largest absolute Gasteiger partial charge is 0.480 e. The molecule has 37 heavy (non-hydrogen) atoms. The Bertz CT molecular complexity index is 1030. The summed E-state index contributed by atoms with van der Waals surface area (Å²) in [6.07, 6.45) is 11.2. The van der Waals surface area contributed by atoms with Crippen LogP contribution in [-0.2, 0) is 22.4 Å². The van der Waals surface area contributed by atoms with Crippen molar-refractivity contribution in [3.05, 3.63) is 48.1 Å². The van der Waals surface area contributed by atoms with Crippen LogP contribution in [0, 0.1) is 5.41 Å². The zero-order valence-corrected chi connectivity index (χ0v) is 21.4. The molecule has 0 saturated heterocycles. The molecule has 1 atom stereocenters. The van der Waals surface area contributed by atoms with Gasteiger partial charge < -0.3 is 36.1 Å². The van der Waals surface area contributed by atoms with E-state index in [4.69, 9.17) is 15.1 Å². The Morgan fingerprint density at radius 1 is 1.27 bits per heavy atom. The summed E-state index contributed by atoms with van der Waals surface area (Å²) >= 11 is 0. The van der Waals surface area contributed by atoms with Crippen LogP contribution in [0.1, 0.15) is 36.9 Å². The molecule has 0 aromatic carbocycles. The van der Waals surface area contributed by atoms with Gasteiger partial charge >= 0.3 is 5.97 Å². The van der Waals surface area contributed by atoms with E-state index in [0.717, 1.165) is 69.5 Å². The Morgan fingerprint density at radius 2 is 2.14 bits per heavy atom. The van der Waals surface area contributed by atoms with E-state index in [9.17, 15) is 9.90 Å². The fourth-order valence-corrected chi connectivity index (χ4v) is 4.15. The number of nitrogens with zero attached hydrogens (tertiary/aromatic N) is 4. The first-order valence-electron chi connectivity index (χ1n) is 12.8. The van der Waals surface area contributed by atoms with Gasteiger partial charge in [0.2, 0.25) is 0 Å². The number of fused-ring (bicyclic) bond motifs is 1. The summed E-state index contributed by atoms with van der Waals surface area (Å²) in [6, 6.07) is 5.17. The van der Waals surface area contributed by atoms with Gasteiger partial charge in [0.05, 0.1) is 6.61 Å². The number of hydrogen-bond acceptors (Lipinski definition) is 10. The van der Waals surface area contributed by atoms with Crippen LogP contribution in [0.25, 0.3) is 0 Å². The summed E-state index contributed by atoms with van der Waals surface area (Å²) in [7, 11) is 1.67. The summed E-state index contributed by atoms with van der Waals surface area (Å²) in [5, 5.41) is 26.1. The first kappa shape index (κ1) is 28.0. The minimum Gasteiger partial charge on any atom is -0.480 e. The summed E-state index contributed by atoms with van der Waals surface area (Å²) < 4.78 is 5.27. The second kappa shape index (κ2) is 15.5. The van der Waals surface area contributed by atoms with Gasteiger partial charge in [0.25, 0.3) is 0 Å². The predicted molar refractivity (Wildman–Crippen MR) is 146 cm³/mol. The molecule has 0 saturated carbocycles. The molecule has 2 aromatic rings. The maximum atomic E-state index is 11.9.